The van der Waals surface area contributed by atoms with E-state index >= 15 is 0 Å². The van der Waals surface area contributed by atoms with Crippen LogP contribution < -0.4 is 0 Å². The fourth-order valence-electron chi connectivity index (χ4n) is 0.353. The summed E-state index contributed by atoms with van der Waals surface area (Å²) in [5, 5.41) is 0. The van der Waals surface area contributed by atoms with Crippen LogP contribution in [0.5, 0.6) is 0 Å². The van der Waals surface area contributed by atoms with Crippen molar-refractivity contribution in [2.45, 2.75) is 13.3 Å². The van der Waals surface area contributed by atoms with Gasteiger partial charge >= 0.3 is 42.0 Å². The summed E-state index contributed by atoms with van der Waals surface area (Å²) in [4.78, 5) is 0. The van der Waals surface area contributed by atoms with Gasteiger partial charge < -0.3 is 0 Å². The van der Waals surface area contributed by atoms with Gasteiger partial charge in [0.2, 0.25) is 0 Å². The monoisotopic (exact) mass is 102 g/mol. The van der Waals surface area contributed by atoms with Crippen molar-refractivity contribution in [1.82, 2.24) is 0 Å². The number of hydrogen-bond donors (Lipinski definition) is 1. The summed E-state index contributed by atoms with van der Waals surface area (Å²) in [6.07, 6.45) is 3.33. The normalized spacial score (nSPS) is 14.7. The molecule has 0 aliphatic carbocycles. The second-order valence-corrected chi connectivity index (χ2v) is 3.44. The second-order valence-electron chi connectivity index (χ2n) is 1.48. The minimum absolute atomic E-state index is 0.101. The van der Waals surface area contributed by atoms with Gasteiger partial charge in [0, 0.05) is 0 Å². The van der Waals surface area contributed by atoms with Gasteiger partial charge in [0.25, 0.3) is 0 Å². The predicted molar refractivity (Wildman–Crippen MR) is 35.8 cm³/mol. The standard InChI is InChI=1S/C4H11BS/c1-3-4-6(2)5/h6H,3-4H2,1-2H3. The van der Waals surface area contributed by atoms with E-state index in [4.69, 9.17) is 6.53 Å². The molecule has 36 valence electrons. The first kappa shape index (κ1) is 6.41. The van der Waals surface area contributed by atoms with Gasteiger partial charge in [-0.3, -0.25) is 0 Å². The molecule has 0 aliphatic heterocycles. The Morgan fingerprint density at radius 2 is 2.17 bits per heavy atom. The molecule has 0 heterocycles. The molecular weight excluding hydrogens is 90.9 g/mol. The zero-order valence-electron chi connectivity index (χ0n) is 4.44. The first-order valence-electron chi connectivity index (χ1n) is 2.23. The molecule has 2 heteroatoms. The van der Waals surface area contributed by atoms with Gasteiger partial charge in [-0.15, -0.1) is 0 Å². The van der Waals surface area contributed by atoms with Gasteiger partial charge in [0.1, 0.15) is 0 Å². The van der Waals surface area contributed by atoms with Crippen LogP contribution in [0.15, 0.2) is 0 Å². The summed E-state index contributed by atoms with van der Waals surface area (Å²) in [7, 11) is -0.101. The zero-order chi connectivity index (χ0) is 4.99. The maximum absolute atomic E-state index is 5.47. The number of hydrogen-bond acceptors (Lipinski definition) is 0. The van der Waals surface area contributed by atoms with E-state index in [1.807, 2.05) is 0 Å². The zero-order valence-corrected chi connectivity index (χ0v) is 5.33. The van der Waals surface area contributed by atoms with E-state index in [9.17, 15) is 0 Å². The van der Waals surface area contributed by atoms with Crippen molar-refractivity contribution < 1.29 is 0 Å². The van der Waals surface area contributed by atoms with E-state index in [-0.39, 0.29) is 10.1 Å². The Morgan fingerprint density at radius 3 is 2.17 bits per heavy atom. The number of thiol groups is 1. The van der Waals surface area contributed by atoms with Crippen LogP contribution in [-0.2, 0) is 0 Å². The molecule has 0 aromatic carbocycles. The van der Waals surface area contributed by atoms with Crippen LogP contribution in [0.3, 0.4) is 0 Å². The summed E-state index contributed by atoms with van der Waals surface area (Å²) in [6.45, 7) is 7.63. The molecule has 1 unspecified atom stereocenters. The molecule has 0 saturated carbocycles. The Kier molecular flexibility index (Phi) is 3.85. The van der Waals surface area contributed by atoms with Gasteiger partial charge in [-0.25, -0.2) is 0 Å². The molecule has 0 N–H and O–H groups in total. The van der Waals surface area contributed by atoms with E-state index in [0.29, 0.717) is 0 Å². The third-order valence-corrected chi connectivity index (χ3v) is 1.73. The van der Waals surface area contributed by atoms with Crippen molar-refractivity contribution in [3.8, 4) is 0 Å². The van der Waals surface area contributed by atoms with Gasteiger partial charge in [0.15, 0.2) is 0 Å². The van der Waals surface area contributed by atoms with Crippen molar-refractivity contribution in [3.63, 3.8) is 0 Å². The Balaban J connectivity index is 2.91. The van der Waals surface area contributed by atoms with Crippen molar-refractivity contribution in [3.05, 3.63) is 0 Å². The van der Waals surface area contributed by atoms with Gasteiger partial charge in [-0.2, -0.15) is 0 Å². The molecule has 0 fully saturated rings. The van der Waals surface area contributed by atoms with E-state index in [0.717, 1.165) is 0 Å². The molecule has 0 rings (SSSR count). The Bertz CT molecular complexity index is 79.3. The van der Waals surface area contributed by atoms with Crippen LogP contribution in [0.1, 0.15) is 13.3 Å². The van der Waals surface area contributed by atoms with Gasteiger partial charge in [-0.05, 0) is 0 Å². The molecule has 0 radical (unpaired) electrons. The fourth-order valence-corrected chi connectivity index (χ4v) is 1.06. The maximum atomic E-state index is 5.47. The van der Waals surface area contributed by atoms with Crippen molar-refractivity contribution in [1.29, 1.82) is 0 Å². The summed E-state index contributed by atoms with van der Waals surface area (Å²) in [5.74, 6) is 1.22. The topological polar surface area (TPSA) is 0 Å². The fraction of sp³-hybridized carbons (Fsp3) is 1.00. The molecule has 0 aromatic rings. The van der Waals surface area contributed by atoms with E-state index in [2.05, 4.69) is 13.2 Å². The van der Waals surface area contributed by atoms with Crippen LogP contribution >= 0.6 is 10.1 Å². The minimum atomic E-state index is -0.101. The molecule has 0 amide bonds. The van der Waals surface area contributed by atoms with Gasteiger partial charge in [-0.1, -0.05) is 0 Å². The molecule has 6 heavy (non-hydrogen) atoms. The van der Waals surface area contributed by atoms with Crippen LogP contribution in [0.4, 0.5) is 0 Å². The molecule has 1 atom stereocenters. The second kappa shape index (κ2) is 3.60. The SMILES string of the molecule is B#[SH](C)CCC. The van der Waals surface area contributed by atoms with Crippen molar-refractivity contribution in [2.75, 3.05) is 12.0 Å². The van der Waals surface area contributed by atoms with E-state index in [1.54, 1.807) is 0 Å². The predicted octanol–water partition coefficient (Wildman–Crippen LogP) is 1.11. The summed E-state index contributed by atoms with van der Waals surface area (Å²) < 4.78 is 0. The van der Waals surface area contributed by atoms with Crippen LogP contribution in [0, 0.1) is 0 Å². The average molecular weight is 102 g/mol. The Morgan fingerprint density at radius 1 is 1.67 bits per heavy atom. The summed E-state index contributed by atoms with van der Waals surface area (Å²) in [6, 6.07) is 0. The third-order valence-electron chi connectivity index (χ3n) is 0.576. The summed E-state index contributed by atoms with van der Waals surface area (Å²) in [5.41, 5.74) is 0. The molecule has 0 spiro atoms. The Hall–Kier alpha value is 0.415. The first-order valence-corrected chi connectivity index (χ1v) is 4.27. The average Bonchev–Trinajstić information content (AvgIpc) is 1.35. The van der Waals surface area contributed by atoms with Crippen LogP contribution in [-0.4, -0.2) is 18.5 Å². The molecule has 0 bridgehead atoms. The molecule has 0 aromatic heterocycles. The summed E-state index contributed by atoms with van der Waals surface area (Å²) >= 11 is 0. The molecule has 0 nitrogen and oxygen atoms in total. The van der Waals surface area contributed by atoms with Crippen molar-refractivity contribution in [2.24, 2.45) is 0 Å². The molecule has 0 aliphatic rings. The first-order chi connectivity index (χ1) is 2.77. The van der Waals surface area contributed by atoms with Crippen LogP contribution in [0.2, 0.25) is 0 Å². The number of rotatable bonds is 1. The molecular formula is C4H11BS. The van der Waals surface area contributed by atoms with Crippen molar-refractivity contribution >= 4 is 16.7 Å². The third kappa shape index (κ3) is 4.41. The quantitative estimate of drug-likeness (QED) is 0.372. The Labute approximate surface area is 42.8 Å². The van der Waals surface area contributed by atoms with E-state index < -0.39 is 0 Å². The molecule has 0 saturated heterocycles. The van der Waals surface area contributed by atoms with E-state index in [1.165, 1.54) is 12.2 Å². The van der Waals surface area contributed by atoms with Crippen LogP contribution in [0.25, 0.3) is 0 Å². The van der Waals surface area contributed by atoms with Gasteiger partial charge in [0.05, 0.1) is 0 Å².